The minimum absolute atomic E-state index is 0.165. The van der Waals surface area contributed by atoms with Gasteiger partial charge in [-0.2, -0.15) is 0 Å². The fourth-order valence-electron chi connectivity index (χ4n) is 3.67. The van der Waals surface area contributed by atoms with E-state index < -0.39 is 6.04 Å². The molecule has 6 nitrogen and oxygen atoms in total. The van der Waals surface area contributed by atoms with Crippen LogP contribution in [0.4, 0.5) is 5.69 Å². The lowest BCUT2D eigenvalue weighted by Crippen LogP contribution is -2.23. The fraction of sp³-hybridized carbons (Fsp3) is 0.130. The highest BCUT2D eigenvalue weighted by Gasteiger charge is 2.20. The fourth-order valence-corrected chi connectivity index (χ4v) is 3.67. The second-order valence-corrected chi connectivity index (χ2v) is 6.95. The van der Waals surface area contributed by atoms with Gasteiger partial charge in [-0.25, -0.2) is 4.98 Å². The molecule has 0 aliphatic heterocycles. The first-order chi connectivity index (χ1) is 14.2. The van der Waals surface area contributed by atoms with Crippen LogP contribution in [0.3, 0.4) is 0 Å². The molecule has 0 aliphatic rings. The normalized spacial score (nSPS) is 12.5. The van der Waals surface area contributed by atoms with Crippen LogP contribution in [0, 0.1) is 0 Å². The van der Waals surface area contributed by atoms with Gasteiger partial charge in [0.1, 0.15) is 23.0 Å². The zero-order valence-electron chi connectivity index (χ0n) is 16.0. The molecule has 1 atom stereocenters. The second kappa shape index (κ2) is 6.67. The summed E-state index contributed by atoms with van der Waals surface area (Å²) in [5.74, 6) is 0.419. The van der Waals surface area contributed by atoms with Crippen LogP contribution in [-0.2, 0) is 4.79 Å². The smallest absolute Gasteiger partial charge is 0.247 e. The number of hydrogen-bond donors (Lipinski definition) is 1. The van der Waals surface area contributed by atoms with Crippen molar-refractivity contribution < 1.29 is 13.9 Å². The van der Waals surface area contributed by atoms with Gasteiger partial charge in [0.25, 0.3) is 0 Å². The molecule has 2 aromatic heterocycles. The summed E-state index contributed by atoms with van der Waals surface area (Å²) in [7, 11) is 1.59. The van der Waals surface area contributed by atoms with E-state index >= 15 is 0 Å². The Balaban J connectivity index is 1.51. The van der Waals surface area contributed by atoms with E-state index in [0.717, 1.165) is 27.4 Å². The van der Waals surface area contributed by atoms with Crippen molar-refractivity contribution in [3.05, 3.63) is 67.0 Å². The largest absolute Gasteiger partial charge is 0.495 e. The molecule has 1 unspecified atom stereocenters. The molecule has 2 heterocycles. The topological polar surface area (TPSA) is 69.3 Å². The molecule has 1 amide bonds. The predicted molar refractivity (Wildman–Crippen MR) is 113 cm³/mol. The number of rotatable bonds is 4. The van der Waals surface area contributed by atoms with Gasteiger partial charge in [0.15, 0.2) is 0 Å². The maximum absolute atomic E-state index is 13.0. The highest BCUT2D eigenvalue weighted by Crippen LogP contribution is 2.36. The van der Waals surface area contributed by atoms with Gasteiger partial charge in [-0.15, -0.1) is 0 Å². The maximum atomic E-state index is 13.0. The van der Waals surface area contributed by atoms with Gasteiger partial charge < -0.3 is 19.0 Å². The molecule has 5 rings (SSSR count). The summed E-state index contributed by atoms with van der Waals surface area (Å²) in [6.45, 7) is 1.84. The Morgan fingerprint density at radius 1 is 1.07 bits per heavy atom. The number of carbonyl (C=O) groups is 1. The average molecular weight is 385 g/mol. The van der Waals surface area contributed by atoms with Crippen LogP contribution in [0.25, 0.3) is 33.0 Å². The molecule has 0 saturated carbocycles. The lowest BCUT2D eigenvalue weighted by Gasteiger charge is -2.16. The predicted octanol–water partition coefficient (Wildman–Crippen LogP) is 5.14. The molecule has 0 aliphatic carbocycles. The van der Waals surface area contributed by atoms with E-state index in [-0.39, 0.29) is 5.91 Å². The third-order valence-electron chi connectivity index (χ3n) is 5.23. The van der Waals surface area contributed by atoms with Gasteiger partial charge >= 0.3 is 0 Å². The Bertz CT molecular complexity index is 1370. The molecule has 29 heavy (non-hydrogen) atoms. The zero-order valence-corrected chi connectivity index (χ0v) is 16.0. The number of aromatic nitrogens is 2. The van der Waals surface area contributed by atoms with Crippen LogP contribution in [0.2, 0.25) is 0 Å². The van der Waals surface area contributed by atoms with E-state index in [9.17, 15) is 4.79 Å². The van der Waals surface area contributed by atoms with Crippen LogP contribution in [0.15, 0.2) is 71.4 Å². The van der Waals surface area contributed by atoms with Crippen molar-refractivity contribution in [3.63, 3.8) is 0 Å². The number of hydrogen-bond acceptors (Lipinski definition) is 4. The summed E-state index contributed by atoms with van der Waals surface area (Å²) >= 11 is 0. The summed E-state index contributed by atoms with van der Waals surface area (Å²) in [5.41, 5.74) is 3.83. The third kappa shape index (κ3) is 2.81. The van der Waals surface area contributed by atoms with Gasteiger partial charge in [-0.3, -0.25) is 4.79 Å². The molecule has 0 radical (unpaired) electrons. The number of furan rings is 1. The van der Waals surface area contributed by atoms with Crippen molar-refractivity contribution >= 4 is 44.6 Å². The van der Waals surface area contributed by atoms with Gasteiger partial charge in [-0.05, 0) is 31.2 Å². The van der Waals surface area contributed by atoms with E-state index in [2.05, 4.69) is 10.3 Å². The highest BCUT2D eigenvalue weighted by molar-refractivity contribution is 6.08. The van der Waals surface area contributed by atoms with Crippen LogP contribution in [0.5, 0.6) is 5.75 Å². The van der Waals surface area contributed by atoms with Gasteiger partial charge in [0, 0.05) is 16.8 Å². The van der Waals surface area contributed by atoms with Crippen molar-refractivity contribution in [1.82, 2.24) is 9.55 Å². The monoisotopic (exact) mass is 385 g/mol. The number of para-hydroxylation sites is 3. The summed E-state index contributed by atoms with van der Waals surface area (Å²) in [6.07, 6.45) is 1.69. The molecule has 144 valence electrons. The molecule has 3 aromatic carbocycles. The Hall–Kier alpha value is -3.80. The van der Waals surface area contributed by atoms with E-state index in [1.807, 2.05) is 72.2 Å². The number of amides is 1. The number of carbonyl (C=O) groups excluding carboxylic acids is 1. The van der Waals surface area contributed by atoms with E-state index in [0.29, 0.717) is 17.0 Å². The van der Waals surface area contributed by atoms with Crippen molar-refractivity contribution in [2.24, 2.45) is 0 Å². The molecular weight excluding hydrogens is 366 g/mol. The van der Waals surface area contributed by atoms with Gasteiger partial charge in [-0.1, -0.05) is 30.3 Å². The summed E-state index contributed by atoms with van der Waals surface area (Å²) < 4.78 is 13.3. The summed E-state index contributed by atoms with van der Waals surface area (Å²) in [6, 6.07) is 18.8. The average Bonchev–Trinajstić information content (AvgIpc) is 3.33. The third-order valence-corrected chi connectivity index (χ3v) is 5.23. The summed E-state index contributed by atoms with van der Waals surface area (Å²) in [4.78, 5) is 17.4. The quantitative estimate of drug-likeness (QED) is 0.465. The zero-order chi connectivity index (χ0) is 20.0. The Morgan fingerprint density at radius 3 is 2.72 bits per heavy atom. The van der Waals surface area contributed by atoms with Crippen LogP contribution in [0.1, 0.15) is 13.0 Å². The van der Waals surface area contributed by atoms with E-state index in [1.165, 1.54) is 0 Å². The molecular formula is C23H19N3O3. The van der Waals surface area contributed by atoms with Crippen molar-refractivity contribution in [2.75, 3.05) is 12.4 Å². The first-order valence-corrected chi connectivity index (χ1v) is 9.37. The van der Waals surface area contributed by atoms with Crippen LogP contribution < -0.4 is 10.1 Å². The number of fused-ring (bicyclic) bond motifs is 4. The van der Waals surface area contributed by atoms with E-state index in [1.54, 1.807) is 13.4 Å². The number of anilines is 1. The van der Waals surface area contributed by atoms with Gasteiger partial charge in [0.05, 0.1) is 30.2 Å². The number of ether oxygens (including phenoxy) is 1. The minimum Gasteiger partial charge on any atom is -0.495 e. The Labute approximate surface area is 166 Å². The Kier molecular flexibility index (Phi) is 3.98. The SMILES string of the molecule is COc1cc2c(cc1NC(=O)C(C)n1cnc3ccccc31)oc1ccccc12. The molecule has 5 aromatic rings. The van der Waals surface area contributed by atoms with Crippen molar-refractivity contribution in [1.29, 1.82) is 0 Å². The molecule has 0 saturated heterocycles. The number of imidazole rings is 1. The molecule has 0 fully saturated rings. The number of benzene rings is 3. The first-order valence-electron chi connectivity index (χ1n) is 9.37. The van der Waals surface area contributed by atoms with Crippen LogP contribution in [-0.4, -0.2) is 22.6 Å². The summed E-state index contributed by atoms with van der Waals surface area (Å²) in [5, 5.41) is 4.94. The Morgan fingerprint density at radius 2 is 1.86 bits per heavy atom. The van der Waals surface area contributed by atoms with E-state index in [4.69, 9.17) is 9.15 Å². The van der Waals surface area contributed by atoms with Crippen molar-refractivity contribution in [3.8, 4) is 5.75 Å². The second-order valence-electron chi connectivity index (χ2n) is 6.95. The first kappa shape index (κ1) is 17.3. The van der Waals surface area contributed by atoms with Crippen molar-refractivity contribution in [2.45, 2.75) is 13.0 Å². The molecule has 0 spiro atoms. The number of nitrogens with zero attached hydrogens (tertiary/aromatic N) is 2. The number of methoxy groups -OCH3 is 1. The lowest BCUT2D eigenvalue weighted by molar-refractivity contribution is -0.118. The van der Waals surface area contributed by atoms with Crippen LogP contribution >= 0.6 is 0 Å². The molecule has 1 N–H and O–H groups in total. The standard InChI is InChI=1S/C23H19N3O3/c1-14(26-13-24-17-8-4-5-9-19(17)26)23(27)25-18-12-21-16(11-22(18)28-2)15-7-3-6-10-20(15)29-21/h3-14H,1-2H3,(H,25,27). The highest BCUT2D eigenvalue weighted by atomic mass is 16.5. The number of nitrogens with one attached hydrogen (secondary N) is 1. The molecule has 6 heteroatoms. The minimum atomic E-state index is -0.446. The van der Waals surface area contributed by atoms with Gasteiger partial charge in [0.2, 0.25) is 5.91 Å². The maximum Gasteiger partial charge on any atom is 0.247 e. The lowest BCUT2D eigenvalue weighted by atomic mass is 10.1. The molecule has 0 bridgehead atoms.